The fourth-order valence-electron chi connectivity index (χ4n) is 5.11. The lowest BCUT2D eigenvalue weighted by Crippen LogP contribution is -2.38. The van der Waals surface area contributed by atoms with Crippen LogP contribution < -0.4 is 19.1 Å². The van der Waals surface area contributed by atoms with Crippen molar-refractivity contribution in [3.05, 3.63) is 59.7 Å². The van der Waals surface area contributed by atoms with Crippen molar-refractivity contribution in [1.29, 1.82) is 0 Å². The summed E-state index contributed by atoms with van der Waals surface area (Å²) in [4.78, 5) is 15.8. The molecule has 1 unspecified atom stereocenters. The number of fused-ring (bicyclic) bond motifs is 1. The lowest BCUT2D eigenvalue weighted by Gasteiger charge is -2.31. The maximum Gasteiger partial charge on any atom is 0.228 e. The van der Waals surface area contributed by atoms with Crippen LogP contribution in [0.1, 0.15) is 45.2 Å². The van der Waals surface area contributed by atoms with Crippen LogP contribution in [0.25, 0.3) is 10.8 Å². The van der Waals surface area contributed by atoms with E-state index >= 15 is 0 Å². The van der Waals surface area contributed by atoms with Crippen LogP contribution in [0.2, 0.25) is 0 Å². The highest BCUT2D eigenvalue weighted by Crippen LogP contribution is 2.41. The topological polar surface area (TPSA) is 103 Å². The summed E-state index contributed by atoms with van der Waals surface area (Å²) in [5.41, 5.74) is 2.28. The molecule has 228 valence electrons. The molecule has 1 aliphatic rings. The highest BCUT2D eigenvalue weighted by atomic mass is 32.2. The molecule has 1 heterocycles. The molecular weight excluding hydrogens is 554 g/mol. The van der Waals surface area contributed by atoms with Gasteiger partial charge in [-0.1, -0.05) is 58.0 Å². The molecule has 10 heteroatoms. The zero-order valence-corrected chi connectivity index (χ0v) is 26.1. The minimum Gasteiger partial charge on any atom is -0.755 e. The van der Waals surface area contributed by atoms with Gasteiger partial charge in [-0.15, -0.1) is 0 Å². The Bertz CT molecular complexity index is 1400. The molecule has 3 aromatic rings. The predicted molar refractivity (Wildman–Crippen MR) is 167 cm³/mol. The summed E-state index contributed by atoms with van der Waals surface area (Å²) in [6.07, 6.45) is 0.748. The number of hydrogen-bond donors (Lipinski definition) is 1. The summed E-state index contributed by atoms with van der Waals surface area (Å²) in [7, 11) is 1.48. The fraction of sp³-hybridized carbons (Fsp3) is 0.469. The summed E-state index contributed by atoms with van der Waals surface area (Å²) >= 11 is -2.51. The Morgan fingerprint density at radius 3 is 2.48 bits per heavy atom. The smallest absolute Gasteiger partial charge is 0.228 e. The Kier molecular flexibility index (Phi) is 10.8. The number of methoxy groups -OCH3 is 1. The zero-order chi connectivity index (χ0) is 30.3. The second-order valence-electron chi connectivity index (χ2n) is 11.4. The summed E-state index contributed by atoms with van der Waals surface area (Å²) in [5, 5.41) is 4.91. The molecule has 0 radical (unpaired) electrons. The van der Waals surface area contributed by atoms with Crippen LogP contribution in [0.15, 0.2) is 48.5 Å². The van der Waals surface area contributed by atoms with Crippen LogP contribution >= 0.6 is 0 Å². The Balaban J connectivity index is 1.58. The number of carbonyl (C=O) groups excluding carboxylic acids is 1. The second-order valence-corrected chi connectivity index (χ2v) is 12.3. The van der Waals surface area contributed by atoms with E-state index in [2.05, 4.69) is 10.2 Å². The molecule has 0 aliphatic carbocycles. The van der Waals surface area contributed by atoms with E-state index in [-0.39, 0.29) is 17.7 Å². The number of rotatable bonds is 12. The molecule has 0 aromatic heterocycles. The van der Waals surface area contributed by atoms with E-state index in [1.165, 1.54) is 11.4 Å². The largest absolute Gasteiger partial charge is 0.755 e. The Morgan fingerprint density at radius 1 is 1.12 bits per heavy atom. The van der Waals surface area contributed by atoms with Crippen LogP contribution in [-0.2, 0) is 32.6 Å². The third-order valence-corrected chi connectivity index (χ3v) is 8.12. The first-order valence-electron chi connectivity index (χ1n) is 14.4. The quantitative estimate of drug-likeness (QED) is 0.292. The third-order valence-electron chi connectivity index (χ3n) is 7.38. The zero-order valence-electron chi connectivity index (χ0n) is 25.2. The summed E-state index contributed by atoms with van der Waals surface area (Å²) in [5.74, 6) is 0.860. The molecule has 1 fully saturated rings. The van der Waals surface area contributed by atoms with Crippen LogP contribution in [-0.4, -0.2) is 72.7 Å². The number of hydrogen-bond acceptors (Lipinski definition) is 7. The van der Waals surface area contributed by atoms with Crippen molar-refractivity contribution in [1.82, 2.24) is 4.90 Å². The normalized spacial score (nSPS) is 14.9. The summed E-state index contributed by atoms with van der Waals surface area (Å²) in [6, 6.07) is 15.5. The first-order valence-corrected chi connectivity index (χ1v) is 15.5. The van der Waals surface area contributed by atoms with Crippen molar-refractivity contribution in [2.75, 3.05) is 62.7 Å². The van der Waals surface area contributed by atoms with Crippen LogP contribution in [0.3, 0.4) is 0 Å². The molecular formula is C32H42N3O6S-. The number of nitrogens with one attached hydrogen (secondary N) is 1. The van der Waals surface area contributed by atoms with Gasteiger partial charge in [0.15, 0.2) is 5.75 Å². The predicted octanol–water partition coefficient (Wildman–Crippen LogP) is 5.05. The number of nitrogens with zero attached hydrogens (tertiary/aromatic N) is 2. The molecule has 1 N–H and O–H groups in total. The van der Waals surface area contributed by atoms with Gasteiger partial charge in [-0.2, -0.15) is 0 Å². The first kappa shape index (κ1) is 31.7. The van der Waals surface area contributed by atoms with E-state index in [4.69, 9.17) is 14.2 Å². The molecule has 0 bridgehead atoms. The highest BCUT2D eigenvalue weighted by Gasteiger charge is 2.24. The van der Waals surface area contributed by atoms with Gasteiger partial charge in [-0.3, -0.25) is 18.2 Å². The summed E-state index contributed by atoms with van der Waals surface area (Å²) in [6.45, 7) is 13.0. The number of ether oxygens (including phenoxy) is 3. The molecule has 3 aromatic carbocycles. The van der Waals surface area contributed by atoms with Gasteiger partial charge in [0, 0.05) is 42.8 Å². The van der Waals surface area contributed by atoms with Crippen molar-refractivity contribution in [2.45, 2.75) is 46.0 Å². The fourth-order valence-corrected chi connectivity index (χ4v) is 5.74. The van der Waals surface area contributed by atoms with E-state index in [0.29, 0.717) is 36.7 Å². The van der Waals surface area contributed by atoms with E-state index in [9.17, 15) is 13.6 Å². The van der Waals surface area contributed by atoms with E-state index < -0.39 is 11.3 Å². The van der Waals surface area contributed by atoms with Gasteiger partial charge in [-0.05, 0) is 46.5 Å². The Morgan fingerprint density at radius 2 is 1.83 bits per heavy atom. The molecule has 1 saturated heterocycles. The standard InChI is InChI=1S/C32H43N3O6S/c1-6-13-35(42(37)38)28-22-24(32(2,3)4)21-27(31(28)39-5)33-30(36)20-23-11-12-29(26-10-8-7-9-25(23)26)41-19-16-34-14-17-40-18-15-34/h7-12,21-22H,6,13-20H2,1-5H3,(H,33,36)(H,37,38)/p-1. The van der Waals surface area contributed by atoms with Crippen LogP contribution in [0.4, 0.5) is 11.4 Å². The average Bonchev–Trinajstić information content (AvgIpc) is 2.96. The van der Waals surface area contributed by atoms with Gasteiger partial charge < -0.3 is 24.1 Å². The van der Waals surface area contributed by atoms with E-state index in [1.807, 2.05) is 76.2 Å². The minimum atomic E-state index is -2.51. The number of amides is 1. The average molecular weight is 597 g/mol. The van der Waals surface area contributed by atoms with Crippen molar-refractivity contribution in [3.63, 3.8) is 0 Å². The van der Waals surface area contributed by atoms with Crippen molar-refractivity contribution < 1.29 is 27.8 Å². The third kappa shape index (κ3) is 7.80. The molecule has 9 nitrogen and oxygen atoms in total. The van der Waals surface area contributed by atoms with Gasteiger partial charge in [0.2, 0.25) is 5.91 Å². The van der Waals surface area contributed by atoms with Crippen LogP contribution in [0, 0.1) is 0 Å². The molecule has 1 aliphatic heterocycles. The molecule has 42 heavy (non-hydrogen) atoms. The molecule has 1 atom stereocenters. The van der Waals surface area contributed by atoms with E-state index in [0.717, 1.165) is 60.5 Å². The molecule has 0 saturated carbocycles. The van der Waals surface area contributed by atoms with Gasteiger partial charge in [-0.25, -0.2) is 0 Å². The maximum absolute atomic E-state index is 13.5. The Hall–Kier alpha value is -3.18. The number of morpholine rings is 1. The lowest BCUT2D eigenvalue weighted by atomic mass is 9.86. The maximum atomic E-state index is 13.5. The van der Waals surface area contributed by atoms with Crippen molar-refractivity contribution in [2.24, 2.45) is 0 Å². The molecule has 1 amide bonds. The Labute approximate surface area is 251 Å². The van der Waals surface area contributed by atoms with Gasteiger partial charge in [0.25, 0.3) is 0 Å². The lowest BCUT2D eigenvalue weighted by molar-refractivity contribution is -0.115. The first-order chi connectivity index (χ1) is 20.1. The monoisotopic (exact) mass is 596 g/mol. The SMILES string of the molecule is CCCN(c1cc(C(C)(C)C)cc(NC(=O)Cc2ccc(OCCN3CCOCC3)c3ccccc23)c1OC)S(=O)[O-]. The van der Waals surface area contributed by atoms with Crippen molar-refractivity contribution in [3.8, 4) is 11.5 Å². The highest BCUT2D eigenvalue weighted by molar-refractivity contribution is 7.80. The van der Waals surface area contributed by atoms with Gasteiger partial charge in [0.1, 0.15) is 12.4 Å². The number of anilines is 2. The van der Waals surface area contributed by atoms with Crippen LogP contribution in [0.5, 0.6) is 11.5 Å². The summed E-state index contributed by atoms with van der Waals surface area (Å²) < 4.78 is 42.9. The molecule has 0 spiro atoms. The van der Waals surface area contributed by atoms with E-state index in [1.54, 1.807) is 0 Å². The van der Waals surface area contributed by atoms with Crippen molar-refractivity contribution >= 4 is 39.3 Å². The minimum absolute atomic E-state index is 0.124. The molecule has 4 rings (SSSR count). The van der Waals surface area contributed by atoms with Gasteiger partial charge in [0.05, 0.1) is 38.1 Å². The number of carbonyl (C=O) groups is 1. The van der Waals surface area contributed by atoms with Gasteiger partial charge >= 0.3 is 0 Å². The second kappa shape index (κ2) is 14.3. The number of benzene rings is 3.